The molecule has 0 aliphatic rings. The summed E-state index contributed by atoms with van der Waals surface area (Å²) < 4.78 is 46.0. The smallest absolute Gasteiger partial charge is 0.295 e. The third kappa shape index (κ3) is 3.55. The van der Waals surface area contributed by atoms with Gasteiger partial charge in [-0.1, -0.05) is 54.6 Å². The highest BCUT2D eigenvalue weighted by Gasteiger charge is 2.22. The van der Waals surface area contributed by atoms with Crippen LogP contribution in [0.3, 0.4) is 0 Å². The van der Waals surface area contributed by atoms with Gasteiger partial charge in [-0.05, 0) is 35.9 Å². The van der Waals surface area contributed by atoms with E-state index in [1.165, 1.54) is 24.3 Å². The molecule has 0 amide bonds. The maximum absolute atomic E-state index is 12.1. The first-order chi connectivity index (χ1) is 18.8. The standard InChI is InChI=1S/C30H20N2O6S/c1-37-25-14-16(17-7-4-8-19-18-6-2-3-11-24(18)38-29(17)19)12-13-20(25)30-31-22-15-26(39(34,35)36)21-9-5-10-23(33)27(21)28(22)32-30/h2-15,33H,1H3,(H,31,32)(H,34,35,36). The van der Waals surface area contributed by atoms with Crippen LogP contribution in [0.15, 0.2) is 94.2 Å². The third-order valence-corrected chi connectivity index (χ3v) is 7.90. The van der Waals surface area contributed by atoms with Crippen molar-refractivity contribution in [3.8, 4) is 34.0 Å². The molecule has 5 aromatic carbocycles. The topological polar surface area (TPSA) is 126 Å². The van der Waals surface area contributed by atoms with Gasteiger partial charge in [-0.2, -0.15) is 8.42 Å². The van der Waals surface area contributed by atoms with E-state index in [0.717, 1.165) is 33.1 Å². The molecule has 0 bridgehead atoms. The summed E-state index contributed by atoms with van der Waals surface area (Å²) in [5.74, 6) is 0.790. The number of imidazole rings is 1. The summed E-state index contributed by atoms with van der Waals surface area (Å²) in [5, 5.41) is 13.0. The van der Waals surface area contributed by atoms with Crippen molar-refractivity contribution in [3.05, 3.63) is 84.9 Å². The van der Waals surface area contributed by atoms with E-state index in [-0.39, 0.29) is 21.4 Å². The normalized spacial score (nSPS) is 12.2. The Bertz CT molecular complexity index is 2210. The van der Waals surface area contributed by atoms with Gasteiger partial charge in [0.05, 0.1) is 23.6 Å². The average molecular weight is 537 g/mol. The molecule has 0 spiro atoms. The van der Waals surface area contributed by atoms with Crippen molar-refractivity contribution < 1.29 is 27.2 Å². The van der Waals surface area contributed by atoms with E-state index in [2.05, 4.69) is 4.98 Å². The predicted molar refractivity (Wildman–Crippen MR) is 150 cm³/mol. The molecule has 0 radical (unpaired) electrons. The number of fused-ring (bicyclic) bond motifs is 6. The van der Waals surface area contributed by atoms with Gasteiger partial charge in [0.15, 0.2) is 0 Å². The molecule has 39 heavy (non-hydrogen) atoms. The summed E-state index contributed by atoms with van der Waals surface area (Å²) in [5.41, 5.74) is 4.71. The van der Waals surface area contributed by atoms with Gasteiger partial charge in [-0.15, -0.1) is 0 Å². The van der Waals surface area contributed by atoms with Crippen LogP contribution in [0.25, 0.3) is 66.3 Å². The second-order valence-electron chi connectivity index (χ2n) is 9.23. The lowest BCUT2D eigenvalue weighted by Gasteiger charge is -2.10. The fourth-order valence-corrected chi connectivity index (χ4v) is 5.97. The van der Waals surface area contributed by atoms with Crippen molar-refractivity contribution in [1.29, 1.82) is 0 Å². The van der Waals surface area contributed by atoms with Crippen LogP contribution in [0.5, 0.6) is 11.5 Å². The zero-order chi connectivity index (χ0) is 26.9. The number of aromatic amines is 1. The van der Waals surface area contributed by atoms with Crippen LogP contribution in [-0.4, -0.2) is 35.2 Å². The zero-order valence-corrected chi connectivity index (χ0v) is 21.3. The molecule has 0 atom stereocenters. The van der Waals surface area contributed by atoms with E-state index < -0.39 is 10.1 Å². The molecule has 0 unspecified atom stereocenters. The van der Waals surface area contributed by atoms with Gasteiger partial charge >= 0.3 is 0 Å². The van der Waals surface area contributed by atoms with E-state index in [4.69, 9.17) is 14.1 Å². The molecule has 7 rings (SSSR count). The molecular weight excluding hydrogens is 516 g/mol. The number of H-pyrrole nitrogens is 1. The van der Waals surface area contributed by atoms with Crippen molar-refractivity contribution in [3.63, 3.8) is 0 Å². The van der Waals surface area contributed by atoms with E-state index in [9.17, 15) is 18.1 Å². The highest BCUT2D eigenvalue weighted by atomic mass is 32.2. The fraction of sp³-hybridized carbons (Fsp3) is 0.0333. The summed E-state index contributed by atoms with van der Waals surface area (Å²) in [6, 6.07) is 25.4. The van der Waals surface area contributed by atoms with Crippen LogP contribution in [0.1, 0.15) is 0 Å². The van der Waals surface area contributed by atoms with E-state index in [0.29, 0.717) is 28.2 Å². The Morgan fingerprint density at radius 2 is 1.64 bits per heavy atom. The van der Waals surface area contributed by atoms with Gasteiger partial charge in [-0.3, -0.25) is 4.55 Å². The number of hydrogen-bond acceptors (Lipinski definition) is 6. The number of rotatable bonds is 4. The minimum Gasteiger partial charge on any atom is -0.507 e. The Morgan fingerprint density at radius 3 is 2.46 bits per heavy atom. The lowest BCUT2D eigenvalue weighted by molar-refractivity contribution is 0.416. The Kier molecular flexibility index (Phi) is 4.97. The molecule has 8 nitrogen and oxygen atoms in total. The van der Waals surface area contributed by atoms with Crippen molar-refractivity contribution in [2.24, 2.45) is 0 Å². The van der Waals surface area contributed by atoms with E-state index in [1.807, 2.05) is 60.7 Å². The van der Waals surface area contributed by atoms with Gasteiger partial charge < -0.3 is 19.2 Å². The number of methoxy groups -OCH3 is 1. The number of benzene rings is 5. The van der Waals surface area contributed by atoms with E-state index in [1.54, 1.807) is 7.11 Å². The Hall–Kier alpha value is -4.86. The summed E-state index contributed by atoms with van der Waals surface area (Å²) in [6.45, 7) is 0. The number of aromatic nitrogens is 2. The first-order valence-corrected chi connectivity index (χ1v) is 13.5. The second kappa shape index (κ2) is 8.32. The van der Waals surface area contributed by atoms with Gasteiger partial charge in [0.2, 0.25) is 0 Å². The number of aromatic hydroxyl groups is 1. The molecule has 2 heterocycles. The number of hydrogen-bond donors (Lipinski definition) is 3. The van der Waals surface area contributed by atoms with Gasteiger partial charge in [-0.25, -0.2) is 4.98 Å². The lowest BCUT2D eigenvalue weighted by Crippen LogP contribution is -1.99. The Morgan fingerprint density at radius 1 is 0.872 bits per heavy atom. The molecule has 0 aliphatic carbocycles. The molecule has 2 aromatic heterocycles. The average Bonchev–Trinajstić information content (AvgIpc) is 3.53. The number of nitrogens with one attached hydrogen (secondary N) is 1. The maximum atomic E-state index is 12.1. The van der Waals surface area contributed by atoms with Gasteiger partial charge in [0.1, 0.15) is 38.9 Å². The largest absolute Gasteiger partial charge is 0.507 e. The molecule has 7 aromatic rings. The molecule has 192 valence electrons. The van der Waals surface area contributed by atoms with E-state index >= 15 is 0 Å². The number of phenols is 1. The summed E-state index contributed by atoms with van der Waals surface area (Å²) in [7, 11) is -3.00. The Labute approximate surface area is 221 Å². The number of nitrogens with zero attached hydrogens (tertiary/aromatic N) is 1. The van der Waals surface area contributed by atoms with Gasteiger partial charge in [0, 0.05) is 21.7 Å². The SMILES string of the molecule is COc1cc(-c2cccc3c2oc2ccccc23)ccc1-c1nc2c(cc(S(=O)(=O)O)c3cccc(O)c32)[nH]1. The summed E-state index contributed by atoms with van der Waals surface area (Å²) in [6.07, 6.45) is 0. The van der Waals surface area contributed by atoms with Crippen molar-refractivity contribution in [2.45, 2.75) is 4.90 Å². The zero-order valence-electron chi connectivity index (χ0n) is 20.5. The maximum Gasteiger partial charge on any atom is 0.295 e. The number of furan rings is 1. The minimum absolute atomic E-state index is 0.151. The second-order valence-corrected chi connectivity index (χ2v) is 10.6. The third-order valence-electron chi connectivity index (χ3n) is 7.00. The van der Waals surface area contributed by atoms with Crippen LogP contribution in [0.2, 0.25) is 0 Å². The van der Waals surface area contributed by atoms with Crippen molar-refractivity contribution in [2.75, 3.05) is 7.11 Å². The summed E-state index contributed by atoms with van der Waals surface area (Å²) in [4.78, 5) is 7.50. The predicted octanol–water partition coefficient (Wildman–Crippen LogP) is 6.91. The number of para-hydroxylation sites is 2. The number of phenolic OH excluding ortho intramolecular Hbond substituents is 1. The Balaban J connectivity index is 1.42. The van der Waals surface area contributed by atoms with Crippen molar-refractivity contribution >= 4 is 53.9 Å². The quantitative estimate of drug-likeness (QED) is 0.209. The lowest BCUT2D eigenvalue weighted by atomic mass is 10.0. The molecular formula is C30H20N2O6S. The first kappa shape index (κ1) is 23.3. The molecule has 9 heteroatoms. The van der Waals surface area contributed by atoms with Crippen LogP contribution < -0.4 is 4.74 Å². The highest BCUT2D eigenvalue weighted by Crippen LogP contribution is 2.41. The van der Waals surface area contributed by atoms with Crippen molar-refractivity contribution in [1.82, 2.24) is 9.97 Å². The molecule has 0 saturated carbocycles. The minimum atomic E-state index is -4.56. The summed E-state index contributed by atoms with van der Waals surface area (Å²) >= 11 is 0. The molecule has 0 fully saturated rings. The highest BCUT2D eigenvalue weighted by molar-refractivity contribution is 7.86. The number of ether oxygens (including phenoxy) is 1. The van der Waals surface area contributed by atoms with Gasteiger partial charge in [0.25, 0.3) is 10.1 Å². The fourth-order valence-electron chi connectivity index (χ4n) is 5.25. The van der Waals surface area contributed by atoms with Crippen LogP contribution in [0, 0.1) is 0 Å². The molecule has 0 saturated heterocycles. The van der Waals surface area contributed by atoms with Crippen LogP contribution in [0.4, 0.5) is 0 Å². The van der Waals surface area contributed by atoms with Crippen LogP contribution in [-0.2, 0) is 10.1 Å². The monoisotopic (exact) mass is 536 g/mol. The van der Waals surface area contributed by atoms with Crippen LogP contribution >= 0.6 is 0 Å². The molecule has 0 aliphatic heterocycles. The molecule has 3 N–H and O–H groups in total. The first-order valence-electron chi connectivity index (χ1n) is 12.0.